The van der Waals surface area contributed by atoms with E-state index in [2.05, 4.69) is 17.6 Å². The van der Waals surface area contributed by atoms with Crippen LogP contribution in [0.4, 0.5) is 0 Å². The highest BCUT2D eigenvalue weighted by atomic mass is 16.5. The van der Waals surface area contributed by atoms with Crippen LogP contribution in [0, 0.1) is 0 Å². The summed E-state index contributed by atoms with van der Waals surface area (Å²) in [7, 11) is 0. The molecule has 88 valence electrons. The van der Waals surface area contributed by atoms with Crippen LogP contribution in [0.2, 0.25) is 0 Å². The average molecular weight is 212 g/mol. The van der Waals surface area contributed by atoms with Crippen molar-refractivity contribution in [3.63, 3.8) is 0 Å². The van der Waals surface area contributed by atoms with Gasteiger partial charge in [-0.3, -0.25) is 0 Å². The molecule has 0 aromatic rings. The average Bonchev–Trinajstić information content (AvgIpc) is 2.98. The molecule has 1 heterocycles. The number of rotatable bonds is 6. The molecule has 2 N–H and O–H groups in total. The van der Waals surface area contributed by atoms with E-state index < -0.39 is 0 Å². The fourth-order valence-electron chi connectivity index (χ4n) is 2.04. The van der Waals surface area contributed by atoms with Crippen LogP contribution >= 0.6 is 0 Å². The smallest absolute Gasteiger partial charge is 0.0599 e. The summed E-state index contributed by atoms with van der Waals surface area (Å²) < 4.78 is 5.84. The van der Waals surface area contributed by atoms with Gasteiger partial charge in [0.1, 0.15) is 0 Å². The van der Waals surface area contributed by atoms with E-state index in [1.54, 1.807) is 0 Å². The lowest BCUT2D eigenvalue weighted by Crippen LogP contribution is -2.33. The van der Waals surface area contributed by atoms with Crippen molar-refractivity contribution in [3.8, 4) is 0 Å². The summed E-state index contributed by atoms with van der Waals surface area (Å²) in [5.74, 6) is 0. The van der Waals surface area contributed by atoms with Crippen molar-refractivity contribution in [2.24, 2.45) is 0 Å². The van der Waals surface area contributed by atoms with Gasteiger partial charge in [0.05, 0.1) is 6.10 Å². The number of hydrogen-bond donors (Lipinski definition) is 2. The lowest BCUT2D eigenvalue weighted by Gasteiger charge is -2.23. The number of piperidine rings is 1. The molecule has 3 nitrogen and oxygen atoms in total. The van der Waals surface area contributed by atoms with Gasteiger partial charge in [-0.25, -0.2) is 0 Å². The first kappa shape index (κ1) is 11.4. The molecule has 2 rings (SSSR count). The van der Waals surface area contributed by atoms with Crippen LogP contribution < -0.4 is 10.6 Å². The zero-order chi connectivity index (χ0) is 10.6. The zero-order valence-corrected chi connectivity index (χ0v) is 9.85. The van der Waals surface area contributed by atoms with Crippen molar-refractivity contribution in [1.82, 2.24) is 10.6 Å². The summed E-state index contributed by atoms with van der Waals surface area (Å²) in [6.45, 7) is 6.60. The highest BCUT2D eigenvalue weighted by Gasteiger charge is 2.35. The molecular weight excluding hydrogens is 188 g/mol. The van der Waals surface area contributed by atoms with Crippen molar-refractivity contribution < 1.29 is 4.74 Å². The molecule has 1 aliphatic heterocycles. The first-order valence-corrected chi connectivity index (χ1v) is 6.36. The van der Waals surface area contributed by atoms with E-state index in [0.717, 1.165) is 32.7 Å². The van der Waals surface area contributed by atoms with Gasteiger partial charge < -0.3 is 15.4 Å². The predicted octanol–water partition coefficient (Wildman–Crippen LogP) is 1.29. The van der Waals surface area contributed by atoms with Gasteiger partial charge in [0.2, 0.25) is 0 Å². The second-order valence-electron chi connectivity index (χ2n) is 5.16. The molecule has 0 aromatic carbocycles. The van der Waals surface area contributed by atoms with E-state index in [-0.39, 0.29) is 0 Å². The standard InChI is InChI=1S/C12H24N2O/c1-12(5-6-12)14-7-2-10-15-11-3-8-13-9-4-11/h11,13-14H,2-10H2,1H3. The molecule has 0 amide bonds. The lowest BCUT2D eigenvalue weighted by atomic mass is 10.1. The van der Waals surface area contributed by atoms with Crippen LogP contribution in [0.15, 0.2) is 0 Å². The van der Waals surface area contributed by atoms with Gasteiger partial charge in [-0.2, -0.15) is 0 Å². The topological polar surface area (TPSA) is 33.3 Å². The largest absolute Gasteiger partial charge is 0.378 e. The minimum atomic E-state index is 0.481. The van der Waals surface area contributed by atoms with Crippen molar-refractivity contribution in [3.05, 3.63) is 0 Å². The maximum Gasteiger partial charge on any atom is 0.0599 e. The summed E-state index contributed by atoms with van der Waals surface area (Å²) in [5.41, 5.74) is 0.481. The molecule has 3 heteroatoms. The van der Waals surface area contributed by atoms with E-state index in [1.165, 1.54) is 25.7 Å². The highest BCUT2D eigenvalue weighted by Crippen LogP contribution is 2.33. The zero-order valence-electron chi connectivity index (χ0n) is 9.85. The quantitative estimate of drug-likeness (QED) is 0.651. The summed E-state index contributed by atoms with van der Waals surface area (Å²) in [5, 5.41) is 6.93. The fraction of sp³-hybridized carbons (Fsp3) is 1.00. The molecule has 0 atom stereocenters. The van der Waals surface area contributed by atoms with E-state index >= 15 is 0 Å². The summed E-state index contributed by atoms with van der Waals surface area (Å²) >= 11 is 0. The molecule has 1 saturated carbocycles. The van der Waals surface area contributed by atoms with Gasteiger partial charge in [-0.1, -0.05) is 0 Å². The molecule has 1 saturated heterocycles. The van der Waals surface area contributed by atoms with Gasteiger partial charge >= 0.3 is 0 Å². The van der Waals surface area contributed by atoms with Crippen LogP contribution in [0.3, 0.4) is 0 Å². The van der Waals surface area contributed by atoms with E-state index in [1.807, 2.05) is 0 Å². The Balaban J connectivity index is 1.44. The lowest BCUT2D eigenvalue weighted by molar-refractivity contribution is 0.0315. The molecule has 0 radical (unpaired) electrons. The van der Waals surface area contributed by atoms with Crippen molar-refractivity contribution in [2.75, 3.05) is 26.2 Å². The molecule has 15 heavy (non-hydrogen) atoms. The Morgan fingerprint density at radius 2 is 2.07 bits per heavy atom. The molecule has 2 fully saturated rings. The highest BCUT2D eigenvalue weighted by molar-refractivity contribution is 4.97. The van der Waals surface area contributed by atoms with Crippen molar-refractivity contribution in [2.45, 2.75) is 50.7 Å². The number of ether oxygens (including phenoxy) is 1. The van der Waals surface area contributed by atoms with Crippen LogP contribution in [-0.2, 0) is 4.74 Å². The third kappa shape index (κ3) is 4.09. The van der Waals surface area contributed by atoms with E-state index in [0.29, 0.717) is 11.6 Å². The molecule has 0 unspecified atom stereocenters. The van der Waals surface area contributed by atoms with Gasteiger partial charge in [0.25, 0.3) is 0 Å². The van der Waals surface area contributed by atoms with E-state index in [4.69, 9.17) is 4.74 Å². The normalized spacial score (nSPS) is 25.4. The minimum absolute atomic E-state index is 0.481. The van der Waals surface area contributed by atoms with Gasteiger partial charge in [0.15, 0.2) is 0 Å². The summed E-state index contributed by atoms with van der Waals surface area (Å²) in [6, 6.07) is 0. The Hall–Kier alpha value is -0.120. The van der Waals surface area contributed by atoms with E-state index in [9.17, 15) is 0 Å². The minimum Gasteiger partial charge on any atom is -0.378 e. The van der Waals surface area contributed by atoms with Crippen molar-refractivity contribution in [1.29, 1.82) is 0 Å². The van der Waals surface area contributed by atoms with Crippen LogP contribution in [-0.4, -0.2) is 37.9 Å². The Morgan fingerprint density at radius 3 is 2.73 bits per heavy atom. The molecular formula is C12H24N2O. The summed E-state index contributed by atoms with van der Waals surface area (Å²) in [6.07, 6.45) is 6.74. The second kappa shape index (κ2) is 5.28. The Kier molecular flexibility index (Phi) is 4.00. The fourth-order valence-corrected chi connectivity index (χ4v) is 2.04. The monoisotopic (exact) mass is 212 g/mol. The number of nitrogens with one attached hydrogen (secondary N) is 2. The number of hydrogen-bond acceptors (Lipinski definition) is 3. The Morgan fingerprint density at radius 1 is 1.33 bits per heavy atom. The maximum absolute atomic E-state index is 5.84. The third-order valence-corrected chi connectivity index (χ3v) is 3.51. The van der Waals surface area contributed by atoms with Gasteiger partial charge in [0, 0.05) is 12.1 Å². The molecule has 0 bridgehead atoms. The predicted molar refractivity (Wildman–Crippen MR) is 62.1 cm³/mol. The van der Waals surface area contributed by atoms with Gasteiger partial charge in [-0.05, 0) is 58.7 Å². The first-order chi connectivity index (χ1) is 7.29. The van der Waals surface area contributed by atoms with Crippen LogP contribution in [0.1, 0.15) is 39.0 Å². The molecule has 1 aliphatic carbocycles. The van der Waals surface area contributed by atoms with Crippen LogP contribution in [0.25, 0.3) is 0 Å². The first-order valence-electron chi connectivity index (χ1n) is 6.36. The Bertz CT molecular complexity index is 186. The maximum atomic E-state index is 5.84. The second-order valence-corrected chi connectivity index (χ2v) is 5.16. The van der Waals surface area contributed by atoms with Crippen molar-refractivity contribution >= 4 is 0 Å². The van der Waals surface area contributed by atoms with Crippen LogP contribution in [0.5, 0.6) is 0 Å². The molecule has 2 aliphatic rings. The molecule has 0 aromatic heterocycles. The van der Waals surface area contributed by atoms with Gasteiger partial charge in [-0.15, -0.1) is 0 Å². The molecule has 0 spiro atoms. The third-order valence-electron chi connectivity index (χ3n) is 3.51. The SMILES string of the molecule is CC1(NCCCOC2CCNCC2)CC1. The Labute approximate surface area is 93.0 Å². The summed E-state index contributed by atoms with van der Waals surface area (Å²) in [4.78, 5) is 0.